The second-order valence-electron chi connectivity index (χ2n) is 4.42. The Labute approximate surface area is 119 Å². The van der Waals surface area contributed by atoms with E-state index in [0.717, 1.165) is 0 Å². The van der Waals surface area contributed by atoms with Crippen molar-refractivity contribution in [2.24, 2.45) is 0 Å². The highest BCUT2D eigenvalue weighted by Gasteiger charge is 2.22. The van der Waals surface area contributed by atoms with Gasteiger partial charge in [0.25, 0.3) is 11.8 Å². The standard InChI is InChI=1S/C13H14N2O6/c16-4-3-8(13(19)20)15-12(18)7-1-2-10-9(5-7)14-11(17)6-21-10/h1-2,5,8,16H,3-4,6H2,(H,14,17)(H,15,18)(H,19,20)/t8-/m1/s1. The van der Waals surface area contributed by atoms with Gasteiger partial charge in [-0.15, -0.1) is 0 Å². The molecule has 2 rings (SSSR count). The Bertz CT molecular complexity index is 586. The average Bonchev–Trinajstić information content (AvgIpc) is 2.45. The third-order valence-electron chi connectivity index (χ3n) is 2.90. The van der Waals surface area contributed by atoms with Gasteiger partial charge in [0.15, 0.2) is 6.61 Å². The summed E-state index contributed by atoms with van der Waals surface area (Å²) in [5, 5.41) is 22.6. The summed E-state index contributed by atoms with van der Waals surface area (Å²) in [4.78, 5) is 34.1. The van der Waals surface area contributed by atoms with Crippen LogP contribution in [-0.2, 0) is 9.59 Å². The van der Waals surface area contributed by atoms with Crippen molar-refractivity contribution in [2.45, 2.75) is 12.5 Å². The minimum Gasteiger partial charge on any atom is -0.482 e. The molecule has 0 radical (unpaired) electrons. The second kappa shape index (κ2) is 6.23. The maximum absolute atomic E-state index is 12.0. The van der Waals surface area contributed by atoms with Crippen molar-refractivity contribution in [1.82, 2.24) is 5.32 Å². The van der Waals surface area contributed by atoms with Crippen LogP contribution in [0.5, 0.6) is 5.75 Å². The first-order chi connectivity index (χ1) is 10.0. The van der Waals surface area contributed by atoms with E-state index in [2.05, 4.69) is 10.6 Å². The number of benzene rings is 1. The molecule has 0 fully saturated rings. The van der Waals surface area contributed by atoms with Crippen LogP contribution in [0.2, 0.25) is 0 Å². The van der Waals surface area contributed by atoms with E-state index in [1.807, 2.05) is 0 Å². The molecule has 1 atom stereocenters. The van der Waals surface area contributed by atoms with Gasteiger partial charge in [-0.1, -0.05) is 0 Å². The molecule has 0 saturated heterocycles. The van der Waals surface area contributed by atoms with Gasteiger partial charge in [-0.3, -0.25) is 9.59 Å². The molecule has 8 heteroatoms. The number of hydrogen-bond donors (Lipinski definition) is 4. The number of aliphatic carboxylic acids is 1. The summed E-state index contributed by atoms with van der Waals surface area (Å²) < 4.78 is 5.16. The second-order valence-corrected chi connectivity index (χ2v) is 4.42. The number of aliphatic hydroxyl groups is 1. The molecule has 1 aromatic rings. The van der Waals surface area contributed by atoms with E-state index in [-0.39, 0.29) is 31.1 Å². The SMILES string of the molecule is O=C1COc2ccc(C(=O)N[C@H](CCO)C(=O)O)cc2N1. The van der Waals surface area contributed by atoms with Crippen LogP contribution in [0, 0.1) is 0 Å². The van der Waals surface area contributed by atoms with Crippen LogP contribution >= 0.6 is 0 Å². The van der Waals surface area contributed by atoms with Crippen molar-refractivity contribution in [3.05, 3.63) is 23.8 Å². The molecular weight excluding hydrogens is 280 g/mol. The van der Waals surface area contributed by atoms with E-state index in [9.17, 15) is 14.4 Å². The zero-order valence-electron chi connectivity index (χ0n) is 11.0. The van der Waals surface area contributed by atoms with Gasteiger partial charge in [0, 0.05) is 18.6 Å². The molecule has 8 nitrogen and oxygen atoms in total. The van der Waals surface area contributed by atoms with Crippen molar-refractivity contribution in [3.8, 4) is 5.75 Å². The molecule has 2 amide bonds. The first-order valence-electron chi connectivity index (χ1n) is 6.22. The lowest BCUT2D eigenvalue weighted by molar-refractivity contribution is -0.139. The number of carboxylic acid groups (broad SMARTS) is 1. The summed E-state index contributed by atoms with van der Waals surface area (Å²) in [5.41, 5.74) is 0.539. The lowest BCUT2D eigenvalue weighted by Crippen LogP contribution is -2.41. The minimum absolute atomic E-state index is 0.0872. The molecule has 0 spiro atoms. The van der Waals surface area contributed by atoms with Gasteiger partial charge in [-0.05, 0) is 18.2 Å². The number of carbonyl (C=O) groups excluding carboxylic acids is 2. The van der Waals surface area contributed by atoms with Crippen molar-refractivity contribution >= 4 is 23.5 Å². The molecule has 0 unspecified atom stereocenters. The van der Waals surface area contributed by atoms with Crippen molar-refractivity contribution in [1.29, 1.82) is 0 Å². The van der Waals surface area contributed by atoms with Crippen molar-refractivity contribution in [2.75, 3.05) is 18.5 Å². The van der Waals surface area contributed by atoms with Crippen LogP contribution < -0.4 is 15.4 Å². The maximum atomic E-state index is 12.0. The van der Waals surface area contributed by atoms with Gasteiger partial charge in [0.2, 0.25) is 0 Å². The van der Waals surface area contributed by atoms with Gasteiger partial charge < -0.3 is 25.6 Å². The molecule has 112 valence electrons. The fourth-order valence-corrected chi connectivity index (χ4v) is 1.85. The van der Waals surface area contributed by atoms with Crippen LogP contribution in [0.4, 0.5) is 5.69 Å². The van der Waals surface area contributed by atoms with Crippen molar-refractivity contribution in [3.63, 3.8) is 0 Å². The molecule has 0 aliphatic carbocycles. The highest BCUT2D eigenvalue weighted by Crippen LogP contribution is 2.28. The Morgan fingerprint density at radius 1 is 1.43 bits per heavy atom. The minimum atomic E-state index is -1.23. The highest BCUT2D eigenvalue weighted by atomic mass is 16.5. The number of ether oxygens (including phenoxy) is 1. The lowest BCUT2D eigenvalue weighted by Gasteiger charge is -2.19. The molecule has 0 saturated carbocycles. The average molecular weight is 294 g/mol. The van der Waals surface area contributed by atoms with Gasteiger partial charge in [0.1, 0.15) is 11.8 Å². The van der Waals surface area contributed by atoms with Crippen LogP contribution in [0.15, 0.2) is 18.2 Å². The number of carboxylic acids is 1. The molecule has 21 heavy (non-hydrogen) atoms. The zero-order valence-corrected chi connectivity index (χ0v) is 11.0. The predicted molar refractivity (Wildman–Crippen MR) is 71.2 cm³/mol. The molecule has 1 aliphatic heterocycles. The molecular formula is C13H14N2O6. The predicted octanol–water partition coefficient (Wildman–Crippen LogP) is -0.417. The van der Waals surface area contributed by atoms with Crippen LogP contribution in [0.1, 0.15) is 16.8 Å². The number of rotatable bonds is 5. The van der Waals surface area contributed by atoms with Gasteiger partial charge >= 0.3 is 5.97 Å². The molecule has 1 aliphatic rings. The van der Waals surface area contributed by atoms with Crippen LogP contribution in [0.25, 0.3) is 0 Å². The first kappa shape index (κ1) is 14.8. The fraction of sp³-hybridized carbons (Fsp3) is 0.308. The van der Waals surface area contributed by atoms with Gasteiger partial charge in [0.05, 0.1) is 5.69 Å². The summed E-state index contributed by atoms with van der Waals surface area (Å²) in [5.74, 6) is -1.73. The quantitative estimate of drug-likeness (QED) is 0.584. The largest absolute Gasteiger partial charge is 0.482 e. The summed E-state index contributed by atoms with van der Waals surface area (Å²) in [6.07, 6.45) is -0.0914. The maximum Gasteiger partial charge on any atom is 0.326 e. The lowest BCUT2D eigenvalue weighted by atomic mass is 10.1. The number of carbonyl (C=O) groups is 3. The van der Waals surface area contributed by atoms with E-state index in [1.165, 1.54) is 18.2 Å². The Balaban J connectivity index is 2.14. The summed E-state index contributed by atoms with van der Waals surface area (Å²) >= 11 is 0. The number of nitrogens with one attached hydrogen (secondary N) is 2. The van der Waals surface area contributed by atoms with Crippen molar-refractivity contribution < 1.29 is 29.3 Å². The van der Waals surface area contributed by atoms with Gasteiger partial charge in [-0.2, -0.15) is 0 Å². The highest BCUT2D eigenvalue weighted by molar-refractivity contribution is 6.00. The normalized spacial score (nSPS) is 14.4. The third-order valence-corrected chi connectivity index (χ3v) is 2.90. The molecule has 0 aromatic heterocycles. The molecule has 0 bridgehead atoms. The Hall–Kier alpha value is -2.61. The van der Waals surface area contributed by atoms with Gasteiger partial charge in [-0.25, -0.2) is 4.79 Å². The van der Waals surface area contributed by atoms with E-state index >= 15 is 0 Å². The van der Waals surface area contributed by atoms with Crippen LogP contribution in [-0.4, -0.2) is 47.3 Å². The van der Waals surface area contributed by atoms with E-state index < -0.39 is 17.9 Å². The van der Waals surface area contributed by atoms with E-state index in [0.29, 0.717) is 11.4 Å². The van der Waals surface area contributed by atoms with Crippen LogP contribution in [0.3, 0.4) is 0 Å². The topological polar surface area (TPSA) is 125 Å². The van der Waals surface area contributed by atoms with E-state index in [1.54, 1.807) is 0 Å². The number of fused-ring (bicyclic) bond motifs is 1. The summed E-state index contributed by atoms with van der Waals surface area (Å²) in [7, 11) is 0. The van der Waals surface area contributed by atoms with E-state index in [4.69, 9.17) is 14.9 Å². The summed E-state index contributed by atoms with van der Waals surface area (Å²) in [6.45, 7) is -0.443. The number of hydrogen-bond acceptors (Lipinski definition) is 5. The monoisotopic (exact) mass is 294 g/mol. The number of aliphatic hydroxyl groups excluding tert-OH is 1. The molecule has 1 heterocycles. The fourth-order valence-electron chi connectivity index (χ4n) is 1.85. The first-order valence-corrected chi connectivity index (χ1v) is 6.22. The molecule has 4 N–H and O–H groups in total. The summed E-state index contributed by atoms with van der Waals surface area (Å²) in [6, 6.07) is 3.21. The number of amides is 2. The molecule has 1 aromatic carbocycles. The Morgan fingerprint density at radius 3 is 2.86 bits per heavy atom. The third kappa shape index (κ3) is 3.48. The number of anilines is 1. The Morgan fingerprint density at radius 2 is 2.19 bits per heavy atom. The zero-order chi connectivity index (χ0) is 15.4. The smallest absolute Gasteiger partial charge is 0.326 e. The Kier molecular flexibility index (Phi) is 4.39.